The number of benzene rings is 2. The van der Waals surface area contributed by atoms with Crippen LogP contribution in [0.5, 0.6) is 23.0 Å². The van der Waals surface area contributed by atoms with E-state index in [1.54, 1.807) is 44.2 Å². The van der Waals surface area contributed by atoms with E-state index in [0.717, 1.165) is 0 Å². The van der Waals surface area contributed by atoms with Crippen LogP contribution in [0.1, 0.15) is 31.0 Å². The number of hydrogen-bond donors (Lipinski definition) is 1. The summed E-state index contributed by atoms with van der Waals surface area (Å²) in [6, 6.07) is 5.90. The van der Waals surface area contributed by atoms with E-state index in [1.165, 1.54) is 37.2 Å². The lowest BCUT2D eigenvalue weighted by atomic mass is 9.95. The number of ether oxygens (including phenoxy) is 4. The summed E-state index contributed by atoms with van der Waals surface area (Å²) in [6.45, 7) is 3.60. The number of rotatable bonds is 7. The first-order valence-corrected chi connectivity index (χ1v) is 13.7. The second kappa shape index (κ2) is 11.3. The lowest BCUT2D eigenvalue weighted by molar-refractivity contribution is -0.139. The van der Waals surface area contributed by atoms with Crippen LogP contribution in [0.25, 0.3) is 6.08 Å². The molecule has 0 fully saturated rings. The van der Waals surface area contributed by atoms with Crippen molar-refractivity contribution in [1.82, 2.24) is 4.57 Å². The SMILES string of the molecule is CCOC(=O)C1=C(C)N=c2s/c(=C\c3cc(Br)c(O)c(OC)c3)c(=O)n2[C@@H]1c1cc(OC)c(OC)cc1Br. The van der Waals surface area contributed by atoms with Gasteiger partial charge in [-0.05, 0) is 71.2 Å². The minimum atomic E-state index is -0.845. The molecular formula is C26H24Br2N2O7S. The van der Waals surface area contributed by atoms with Gasteiger partial charge in [0.2, 0.25) is 0 Å². The fraction of sp³-hybridized carbons (Fsp3) is 0.269. The number of aromatic hydroxyl groups is 1. The minimum Gasteiger partial charge on any atom is -0.503 e. The smallest absolute Gasteiger partial charge is 0.338 e. The fourth-order valence-corrected chi connectivity index (χ4v) is 6.19. The highest BCUT2D eigenvalue weighted by atomic mass is 79.9. The summed E-state index contributed by atoms with van der Waals surface area (Å²) in [5.74, 6) is 0.569. The Kier molecular flexibility index (Phi) is 8.34. The van der Waals surface area contributed by atoms with E-state index >= 15 is 0 Å². The average Bonchev–Trinajstić information content (AvgIpc) is 3.19. The third-order valence-electron chi connectivity index (χ3n) is 5.88. The van der Waals surface area contributed by atoms with Gasteiger partial charge in [-0.1, -0.05) is 27.3 Å². The van der Waals surface area contributed by atoms with Crippen molar-refractivity contribution in [2.45, 2.75) is 19.9 Å². The Morgan fingerprint density at radius 2 is 1.74 bits per heavy atom. The second-order valence-electron chi connectivity index (χ2n) is 8.08. The van der Waals surface area contributed by atoms with Crippen LogP contribution in [0.15, 0.2) is 54.3 Å². The Hall–Kier alpha value is -3.09. The zero-order chi connectivity index (χ0) is 27.7. The number of phenols is 1. The van der Waals surface area contributed by atoms with Gasteiger partial charge in [-0.2, -0.15) is 0 Å². The summed E-state index contributed by atoms with van der Waals surface area (Å²) < 4.78 is 24.4. The number of aromatic nitrogens is 1. The molecule has 0 spiro atoms. The predicted octanol–water partition coefficient (Wildman–Crippen LogP) is 4.05. The first-order chi connectivity index (χ1) is 18.1. The molecule has 1 aliphatic rings. The zero-order valence-corrected chi connectivity index (χ0v) is 25.1. The van der Waals surface area contributed by atoms with Crippen LogP contribution >= 0.6 is 43.2 Å². The summed E-state index contributed by atoms with van der Waals surface area (Å²) in [6.07, 6.45) is 1.68. The molecule has 0 saturated carbocycles. The maximum absolute atomic E-state index is 13.9. The van der Waals surface area contributed by atoms with E-state index in [2.05, 4.69) is 36.9 Å². The molecule has 0 radical (unpaired) electrons. The van der Waals surface area contributed by atoms with Gasteiger partial charge in [0.15, 0.2) is 27.8 Å². The van der Waals surface area contributed by atoms with Gasteiger partial charge in [-0.25, -0.2) is 9.79 Å². The van der Waals surface area contributed by atoms with Gasteiger partial charge >= 0.3 is 5.97 Å². The summed E-state index contributed by atoms with van der Waals surface area (Å²) in [7, 11) is 4.48. The van der Waals surface area contributed by atoms with Gasteiger partial charge in [-0.3, -0.25) is 9.36 Å². The van der Waals surface area contributed by atoms with Crippen molar-refractivity contribution in [3.8, 4) is 23.0 Å². The zero-order valence-electron chi connectivity index (χ0n) is 21.1. The lowest BCUT2D eigenvalue weighted by Gasteiger charge is -2.26. The highest BCUT2D eigenvalue weighted by molar-refractivity contribution is 9.10. The van der Waals surface area contributed by atoms with Crippen LogP contribution in [-0.4, -0.2) is 43.6 Å². The molecule has 38 heavy (non-hydrogen) atoms. The van der Waals surface area contributed by atoms with Crippen molar-refractivity contribution >= 4 is 55.2 Å². The molecule has 200 valence electrons. The molecule has 0 unspecified atom stereocenters. The molecule has 9 nitrogen and oxygen atoms in total. The van der Waals surface area contributed by atoms with Crippen molar-refractivity contribution in [1.29, 1.82) is 0 Å². The van der Waals surface area contributed by atoms with E-state index in [0.29, 0.717) is 46.6 Å². The van der Waals surface area contributed by atoms with Gasteiger partial charge in [-0.15, -0.1) is 0 Å². The summed E-state index contributed by atoms with van der Waals surface area (Å²) in [4.78, 5) is 32.1. The largest absolute Gasteiger partial charge is 0.503 e. The van der Waals surface area contributed by atoms with Crippen LogP contribution in [0.4, 0.5) is 0 Å². The maximum Gasteiger partial charge on any atom is 0.338 e. The molecule has 1 atom stereocenters. The molecule has 2 aromatic carbocycles. The van der Waals surface area contributed by atoms with Gasteiger partial charge in [0.25, 0.3) is 5.56 Å². The van der Waals surface area contributed by atoms with E-state index in [-0.39, 0.29) is 29.2 Å². The molecule has 0 bridgehead atoms. The number of phenolic OH excluding ortho intramolecular Hbond substituents is 1. The molecule has 1 N–H and O–H groups in total. The molecule has 0 aliphatic carbocycles. The molecule has 2 heterocycles. The number of nitrogens with zero attached hydrogens (tertiary/aromatic N) is 2. The molecule has 0 amide bonds. The van der Waals surface area contributed by atoms with Crippen LogP contribution in [0, 0.1) is 0 Å². The first kappa shape index (κ1) is 27.9. The molecule has 1 aromatic heterocycles. The number of fused-ring (bicyclic) bond motifs is 1. The number of carbonyl (C=O) groups is 1. The van der Waals surface area contributed by atoms with Crippen LogP contribution in [-0.2, 0) is 9.53 Å². The van der Waals surface area contributed by atoms with Crippen LogP contribution in [0.3, 0.4) is 0 Å². The van der Waals surface area contributed by atoms with Crippen molar-refractivity contribution in [2.24, 2.45) is 4.99 Å². The lowest BCUT2D eigenvalue weighted by Crippen LogP contribution is -2.40. The molecule has 3 aromatic rings. The van der Waals surface area contributed by atoms with Crippen LogP contribution < -0.4 is 29.1 Å². The number of halogens is 2. The Labute approximate surface area is 238 Å². The number of carbonyl (C=O) groups excluding carboxylic acids is 1. The maximum atomic E-state index is 13.9. The standard InChI is InChI=1S/C26H24Br2N2O7S/c1-6-37-25(33)21-12(2)29-26-30(22(21)14-10-17(34-3)18(35-4)11-15(14)27)24(32)20(38-26)9-13-7-16(28)23(31)19(8-13)36-5/h7-11,22,31H,6H2,1-5H3/b20-9-/t22-/m1/s1. The molecule has 4 rings (SSSR count). The Morgan fingerprint density at radius 3 is 2.37 bits per heavy atom. The van der Waals surface area contributed by atoms with E-state index in [9.17, 15) is 14.7 Å². The molecule has 12 heteroatoms. The summed E-state index contributed by atoms with van der Waals surface area (Å²) in [5.41, 5.74) is 1.56. The number of thiazole rings is 1. The fourth-order valence-electron chi connectivity index (χ4n) is 4.15. The first-order valence-electron chi connectivity index (χ1n) is 11.3. The highest BCUT2D eigenvalue weighted by Gasteiger charge is 2.35. The third-order valence-corrected chi connectivity index (χ3v) is 8.16. The molecule has 1 aliphatic heterocycles. The number of esters is 1. The topological polar surface area (TPSA) is 109 Å². The van der Waals surface area contributed by atoms with E-state index in [1.807, 2.05) is 0 Å². The van der Waals surface area contributed by atoms with Gasteiger partial charge < -0.3 is 24.1 Å². The Balaban J connectivity index is 2.01. The van der Waals surface area contributed by atoms with Gasteiger partial charge in [0.1, 0.15) is 0 Å². The predicted molar refractivity (Wildman–Crippen MR) is 150 cm³/mol. The molecular weight excluding hydrogens is 644 g/mol. The van der Waals surface area contributed by atoms with Gasteiger partial charge in [0, 0.05) is 4.47 Å². The van der Waals surface area contributed by atoms with E-state index in [4.69, 9.17) is 18.9 Å². The number of methoxy groups -OCH3 is 3. The van der Waals surface area contributed by atoms with Crippen molar-refractivity contribution in [3.05, 3.63) is 75.3 Å². The quantitative estimate of drug-likeness (QED) is 0.379. The van der Waals surface area contributed by atoms with Crippen molar-refractivity contribution in [2.75, 3.05) is 27.9 Å². The summed E-state index contributed by atoms with van der Waals surface area (Å²) >= 11 is 8.08. The monoisotopic (exact) mass is 666 g/mol. The minimum absolute atomic E-state index is 0.0425. The van der Waals surface area contributed by atoms with Gasteiger partial charge in [0.05, 0.1) is 54.3 Å². The van der Waals surface area contributed by atoms with Crippen LogP contribution in [0.2, 0.25) is 0 Å². The van der Waals surface area contributed by atoms with E-state index < -0.39 is 12.0 Å². The summed E-state index contributed by atoms with van der Waals surface area (Å²) in [5, 5.41) is 10.2. The average molecular weight is 668 g/mol. The Bertz CT molecular complexity index is 1640. The highest BCUT2D eigenvalue weighted by Crippen LogP contribution is 2.41. The third kappa shape index (κ3) is 4.99. The molecule has 0 saturated heterocycles. The Morgan fingerprint density at radius 1 is 1.08 bits per heavy atom. The number of allylic oxidation sites excluding steroid dienone is 1. The number of hydrogen-bond acceptors (Lipinski definition) is 9. The normalized spacial score (nSPS) is 15.1. The van der Waals surface area contributed by atoms with Crippen molar-refractivity contribution < 1.29 is 28.8 Å². The van der Waals surface area contributed by atoms with Crippen molar-refractivity contribution in [3.63, 3.8) is 0 Å². The second-order valence-corrected chi connectivity index (χ2v) is 10.8.